The molecule has 0 aliphatic carbocycles. The molecule has 1 aliphatic heterocycles. The first-order chi connectivity index (χ1) is 12.9. The van der Waals surface area contributed by atoms with E-state index in [0.717, 1.165) is 12.1 Å². The molecule has 0 bridgehead atoms. The van der Waals surface area contributed by atoms with Crippen LogP contribution in [0.3, 0.4) is 0 Å². The Kier molecular flexibility index (Phi) is 4.19. The topological polar surface area (TPSA) is 60.2 Å². The van der Waals surface area contributed by atoms with Gasteiger partial charge in [0.15, 0.2) is 11.6 Å². The number of hydrogen-bond donors (Lipinski definition) is 2. The summed E-state index contributed by atoms with van der Waals surface area (Å²) in [6.07, 6.45) is 0. The van der Waals surface area contributed by atoms with Crippen molar-refractivity contribution >= 4 is 28.4 Å². The highest BCUT2D eigenvalue weighted by Gasteiger charge is 2.31. The quantitative estimate of drug-likeness (QED) is 0.665. The third-order valence-corrected chi connectivity index (χ3v) is 5.03. The van der Waals surface area contributed by atoms with E-state index in [1.807, 2.05) is 0 Å². The summed E-state index contributed by atoms with van der Waals surface area (Å²) in [6, 6.07) is 9.09. The van der Waals surface area contributed by atoms with Crippen molar-refractivity contribution in [2.45, 2.75) is 0 Å². The maximum Gasteiger partial charge on any atom is 0.159 e. The summed E-state index contributed by atoms with van der Waals surface area (Å²) >= 11 is 1.19. The van der Waals surface area contributed by atoms with Gasteiger partial charge in [-0.05, 0) is 42.5 Å². The second-order valence-electron chi connectivity index (χ2n) is 5.90. The molecule has 2 aromatic carbocycles. The molecule has 2 N–H and O–H groups in total. The number of anilines is 1. The molecule has 27 heavy (non-hydrogen) atoms. The zero-order chi connectivity index (χ0) is 19.1. The fourth-order valence-electron chi connectivity index (χ4n) is 2.82. The number of halogens is 3. The summed E-state index contributed by atoms with van der Waals surface area (Å²) in [6.45, 7) is 0.0693. The van der Waals surface area contributed by atoms with E-state index in [9.17, 15) is 18.3 Å². The average Bonchev–Trinajstić information content (AvgIpc) is 3.23. The SMILES string of the molecule is N=C1C(c2nc(-c3ccc(F)c(F)c3)cs2)=C(O)CN1c1ccc(F)cc1. The van der Waals surface area contributed by atoms with Crippen molar-refractivity contribution < 1.29 is 18.3 Å². The van der Waals surface area contributed by atoms with Gasteiger partial charge in [0.25, 0.3) is 0 Å². The summed E-state index contributed by atoms with van der Waals surface area (Å²) in [7, 11) is 0. The number of benzene rings is 2. The van der Waals surface area contributed by atoms with E-state index in [2.05, 4.69) is 4.98 Å². The lowest BCUT2D eigenvalue weighted by Gasteiger charge is -2.18. The average molecular weight is 387 g/mol. The number of rotatable bonds is 3. The van der Waals surface area contributed by atoms with Gasteiger partial charge in [0.1, 0.15) is 22.4 Å². The van der Waals surface area contributed by atoms with Crippen molar-refractivity contribution in [2.24, 2.45) is 0 Å². The predicted molar refractivity (Wildman–Crippen MR) is 98.5 cm³/mol. The third-order valence-electron chi connectivity index (χ3n) is 4.17. The lowest BCUT2D eigenvalue weighted by molar-refractivity contribution is 0.411. The van der Waals surface area contributed by atoms with Crippen LogP contribution in [0.15, 0.2) is 53.6 Å². The zero-order valence-corrected chi connectivity index (χ0v) is 14.5. The first kappa shape index (κ1) is 17.3. The molecule has 1 aliphatic rings. The number of hydrogen-bond acceptors (Lipinski definition) is 4. The molecule has 0 fully saturated rings. The molecule has 0 radical (unpaired) electrons. The van der Waals surface area contributed by atoms with Crippen LogP contribution in [0.5, 0.6) is 0 Å². The number of thiazole rings is 1. The first-order valence-electron chi connectivity index (χ1n) is 7.89. The number of aliphatic hydroxyl groups excluding tert-OH is 1. The Morgan fingerprint density at radius 3 is 2.48 bits per heavy atom. The molecule has 1 aromatic heterocycles. The Morgan fingerprint density at radius 1 is 1.04 bits per heavy atom. The van der Waals surface area contributed by atoms with Gasteiger partial charge in [-0.1, -0.05) is 0 Å². The summed E-state index contributed by atoms with van der Waals surface area (Å²) in [4.78, 5) is 5.89. The van der Waals surface area contributed by atoms with Crippen LogP contribution in [0, 0.1) is 22.9 Å². The monoisotopic (exact) mass is 387 g/mol. The Morgan fingerprint density at radius 2 is 1.78 bits per heavy atom. The van der Waals surface area contributed by atoms with Gasteiger partial charge in [-0.15, -0.1) is 11.3 Å². The highest BCUT2D eigenvalue weighted by atomic mass is 32.1. The van der Waals surface area contributed by atoms with E-state index >= 15 is 0 Å². The molecule has 0 saturated heterocycles. The van der Waals surface area contributed by atoms with Crippen molar-refractivity contribution in [2.75, 3.05) is 11.4 Å². The predicted octanol–water partition coefficient (Wildman–Crippen LogP) is 4.99. The normalized spacial score (nSPS) is 14.3. The molecule has 4 nitrogen and oxygen atoms in total. The Bertz CT molecular complexity index is 1080. The van der Waals surface area contributed by atoms with Crippen LogP contribution < -0.4 is 4.90 Å². The van der Waals surface area contributed by atoms with E-state index in [4.69, 9.17) is 5.41 Å². The Balaban J connectivity index is 1.64. The molecule has 0 unspecified atom stereocenters. The Hall–Kier alpha value is -3.13. The van der Waals surface area contributed by atoms with Gasteiger partial charge in [-0.2, -0.15) is 0 Å². The van der Waals surface area contributed by atoms with Crippen molar-refractivity contribution in [3.8, 4) is 11.3 Å². The molecule has 0 amide bonds. The van der Waals surface area contributed by atoms with Crippen molar-refractivity contribution in [3.63, 3.8) is 0 Å². The summed E-state index contributed by atoms with van der Waals surface area (Å²) in [5.74, 6) is -2.30. The van der Waals surface area contributed by atoms with Gasteiger partial charge in [0.2, 0.25) is 0 Å². The molecule has 2 heterocycles. The molecule has 0 spiro atoms. The minimum absolute atomic E-state index is 0.0319. The lowest BCUT2D eigenvalue weighted by atomic mass is 10.1. The number of amidine groups is 1. The van der Waals surface area contributed by atoms with Crippen molar-refractivity contribution in [1.82, 2.24) is 4.98 Å². The fourth-order valence-corrected chi connectivity index (χ4v) is 3.72. The van der Waals surface area contributed by atoms with E-state index in [-0.39, 0.29) is 23.7 Å². The van der Waals surface area contributed by atoms with E-state index < -0.39 is 17.5 Å². The first-order valence-corrected chi connectivity index (χ1v) is 8.77. The molecule has 0 saturated carbocycles. The molecule has 4 rings (SSSR count). The maximum absolute atomic E-state index is 13.4. The van der Waals surface area contributed by atoms with E-state index in [1.165, 1.54) is 46.6 Å². The molecule has 8 heteroatoms. The highest BCUT2D eigenvalue weighted by molar-refractivity contribution is 7.11. The van der Waals surface area contributed by atoms with Gasteiger partial charge >= 0.3 is 0 Å². The minimum Gasteiger partial charge on any atom is -0.510 e. The van der Waals surface area contributed by atoms with Crippen molar-refractivity contribution in [1.29, 1.82) is 5.41 Å². The number of aromatic nitrogens is 1. The Labute approximate surface area is 156 Å². The largest absolute Gasteiger partial charge is 0.510 e. The fraction of sp³-hybridized carbons (Fsp3) is 0.0526. The lowest BCUT2D eigenvalue weighted by Crippen LogP contribution is -2.25. The number of nitrogens with one attached hydrogen (secondary N) is 1. The van der Waals surface area contributed by atoms with E-state index in [0.29, 0.717) is 22.0 Å². The minimum atomic E-state index is -0.972. The second-order valence-corrected chi connectivity index (χ2v) is 6.76. The number of aliphatic hydroxyl groups is 1. The molecule has 0 atom stereocenters. The highest BCUT2D eigenvalue weighted by Crippen LogP contribution is 2.34. The summed E-state index contributed by atoms with van der Waals surface area (Å²) in [5, 5.41) is 20.7. The standard InChI is InChI=1S/C19H12F3N3OS/c20-11-2-4-12(5-3-11)25-8-16(26)17(18(25)23)19-24-15(9-27-19)10-1-6-13(21)14(22)7-10/h1-7,9,23,26H,8H2. The van der Waals surface area contributed by atoms with E-state index in [1.54, 1.807) is 5.38 Å². The van der Waals surface area contributed by atoms with Gasteiger partial charge in [0.05, 0.1) is 17.8 Å². The maximum atomic E-state index is 13.4. The van der Waals surface area contributed by atoms with Crippen LogP contribution in [0.1, 0.15) is 5.01 Å². The van der Waals surface area contributed by atoms with Gasteiger partial charge in [-0.3, -0.25) is 5.41 Å². The third kappa shape index (κ3) is 3.08. The van der Waals surface area contributed by atoms with Crippen LogP contribution in [0.4, 0.5) is 18.9 Å². The van der Waals surface area contributed by atoms with Crippen LogP contribution in [0.2, 0.25) is 0 Å². The van der Waals surface area contributed by atoms with Crippen LogP contribution in [0.25, 0.3) is 16.8 Å². The van der Waals surface area contributed by atoms with Gasteiger partial charge in [-0.25, -0.2) is 18.2 Å². The smallest absolute Gasteiger partial charge is 0.159 e. The van der Waals surface area contributed by atoms with Crippen LogP contribution in [-0.4, -0.2) is 22.5 Å². The van der Waals surface area contributed by atoms with Gasteiger partial charge in [0, 0.05) is 16.6 Å². The molecular formula is C19H12F3N3OS. The second kappa shape index (κ2) is 6.55. The zero-order valence-electron chi connectivity index (χ0n) is 13.7. The van der Waals surface area contributed by atoms with Gasteiger partial charge < -0.3 is 10.0 Å². The number of nitrogens with zero attached hydrogens (tertiary/aromatic N) is 2. The molecule has 3 aromatic rings. The molecular weight excluding hydrogens is 375 g/mol. The summed E-state index contributed by atoms with van der Waals surface area (Å²) < 4.78 is 39.7. The van der Waals surface area contributed by atoms with Crippen LogP contribution >= 0.6 is 11.3 Å². The van der Waals surface area contributed by atoms with Crippen LogP contribution in [-0.2, 0) is 0 Å². The summed E-state index contributed by atoms with van der Waals surface area (Å²) in [5.41, 5.74) is 1.65. The van der Waals surface area contributed by atoms with Crippen molar-refractivity contribution in [3.05, 3.63) is 76.1 Å². The molecule has 136 valence electrons.